The molecule has 1 rings (SSSR count). The average Bonchev–Trinajstić information content (AvgIpc) is 2.82. The third kappa shape index (κ3) is 8.62. The van der Waals surface area contributed by atoms with Crippen LogP contribution in [0.2, 0.25) is 0 Å². The third-order valence-corrected chi connectivity index (χ3v) is 3.72. The van der Waals surface area contributed by atoms with E-state index in [0.717, 1.165) is 32.2 Å². The number of hydrogen-bond donors (Lipinski definition) is 1. The molecule has 136 valence electrons. The van der Waals surface area contributed by atoms with E-state index < -0.39 is 5.60 Å². The zero-order valence-corrected chi connectivity index (χ0v) is 15.0. The number of alkyl carbamates (subject to hydrolysis) is 1. The van der Waals surface area contributed by atoms with Crippen LogP contribution in [0, 0.1) is 5.92 Å². The van der Waals surface area contributed by atoms with Crippen molar-refractivity contribution in [3.8, 4) is 0 Å². The van der Waals surface area contributed by atoms with Gasteiger partial charge in [-0.1, -0.05) is 18.0 Å². The molecule has 0 aliphatic carbocycles. The smallest absolute Gasteiger partial charge is 0.407 e. The van der Waals surface area contributed by atoms with E-state index in [9.17, 15) is 9.59 Å². The molecule has 8 nitrogen and oxygen atoms in total. The molecule has 0 bridgehead atoms. The van der Waals surface area contributed by atoms with E-state index in [1.807, 2.05) is 25.7 Å². The first kappa shape index (κ1) is 20.1. The quantitative estimate of drug-likeness (QED) is 0.301. The average molecular weight is 339 g/mol. The Kier molecular flexibility index (Phi) is 8.40. The predicted molar refractivity (Wildman–Crippen MR) is 91.4 cm³/mol. The summed E-state index contributed by atoms with van der Waals surface area (Å²) in [5, 5.41) is 6.28. The van der Waals surface area contributed by atoms with Crippen LogP contribution < -0.4 is 5.32 Å². The molecule has 0 aromatic rings. The van der Waals surface area contributed by atoms with Crippen LogP contribution in [0.1, 0.15) is 52.9 Å². The van der Waals surface area contributed by atoms with Crippen molar-refractivity contribution >= 4 is 12.0 Å². The Hall–Kier alpha value is -1.95. The van der Waals surface area contributed by atoms with E-state index in [1.165, 1.54) is 0 Å². The monoisotopic (exact) mass is 339 g/mol. The summed E-state index contributed by atoms with van der Waals surface area (Å²) in [5.41, 5.74) is 7.85. The summed E-state index contributed by atoms with van der Waals surface area (Å²) in [4.78, 5) is 27.9. The number of nitrogens with one attached hydrogen (secondary N) is 1. The molecule has 1 atom stereocenters. The van der Waals surface area contributed by atoms with Crippen LogP contribution in [0.25, 0.3) is 10.4 Å². The van der Waals surface area contributed by atoms with Crippen LogP contribution >= 0.6 is 0 Å². The van der Waals surface area contributed by atoms with E-state index in [0.29, 0.717) is 26.1 Å². The molecule has 1 heterocycles. The molecule has 1 saturated heterocycles. The highest BCUT2D eigenvalue weighted by atomic mass is 16.6. The van der Waals surface area contributed by atoms with Gasteiger partial charge in [-0.15, -0.1) is 0 Å². The second kappa shape index (κ2) is 10.0. The lowest BCUT2D eigenvalue weighted by molar-refractivity contribution is -0.127. The number of hydrogen-bond acceptors (Lipinski definition) is 4. The van der Waals surface area contributed by atoms with Gasteiger partial charge in [-0.25, -0.2) is 4.79 Å². The molecule has 1 fully saturated rings. The summed E-state index contributed by atoms with van der Waals surface area (Å²) in [7, 11) is 0. The molecule has 0 spiro atoms. The SMILES string of the molecule is CC(C)(C)OC(=O)NCCCCCCN1CC(CN=[N+]=[N-])CC1=O. The molecule has 2 amide bonds. The number of amides is 2. The van der Waals surface area contributed by atoms with Gasteiger partial charge in [-0.05, 0) is 45.1 Å². The van der Waals surface area contributed by atoms with E-state index in [-0.39, 0.29) is 17.9 Å². The first-order chi connectivity index (χ1) is 11.3. The van der Waals surface area contributed by atoms with Gasteiger partial charge in [-0.3, -0.25) is 4.79 Å². The van der Waals surface area contributed by atoms with Crippen molar-refractivity contribution in [2.45, 2.75) is 58.5 Å². The van der Waals surface area contributed by atoms with Gasteiger partial charge >= 0.3 is 6.09 Å². The topological polar surface area (TPSA) is 107 Å². The molecule has 1 unspecified atom stereocenters. The van der Waals surface area contributed by atoms with Crippen molar-refractivity contribution < 1.29 is 14.3 Å². The maximum absolute atomic E-state index is 11.8. The van der Waals surface area contributed by atoms with Crippen LogP contribution in [0.3, 0.4) is 0 Å². The number of carbonyl (C=O) groups excluding carboxylic acids is 2. The Bertz CT molecular complexity index is 469. The fourth-order valence-corrected chi connectivity index (χ4v) is 2.63. The lowest BCUT2D eigenvalue weighted by Crippen LogP contribution is -2.33. The lowest BCUT2D eigenvalue weighted by atomic mass is 10.1. The Morgan fingerprint density at radius 1 is 1.38 bits per heavy atom. The van der Waals surface area contributed by atoms with Crippen molar-refractivity contribution in [1.82, 2.24) is 10.2 Å². The number of rotatable bonds is 9. The summed E-state index contributed by atoms with van der Waals surface area (Å²) in [6.07, 6.45) is 3.97. The Balaban J connectivity index is 2.03. The molecular weight excluding hydrogens is 310 g/mol. The highest BCUT2D eigenvalue weighted by Gasteiger charge is 2.28. The lowest BCUT2D eigenvalue weighted by Gasteiger charge is -2.19. The molecule has 1 aliphatic heterocycles. The van der Waals surface area contributed by atoms with Gasteiger partial charge in [0.05, 0.1) is 0 Å². The van der Waals surface area contributed by atoms with Crippen molar-refractivity contribution in [1.29, 1.82) is 0 Å². The minimum Gasteiger partial charge on any atom is -0.444 e. The fourth-order valence-electron chi connectivity index (χ4n) is 2.63. The first-order valence-electron chi connectivity index (χ1n) is 8.57. The number of unbranched alkanes of at least 4 members (excludes halogenated alkanes) is 3. The zero-order valence-electron chi connectivity index (χ0n) is 15.0. The number of carbonyl (C=O) groups is 2. The van der Waals surface area contributed by atoms with Gasteiger partial charge < -0.3 is 15.0 Å². The van der Waals surface area contributed by atoms with E-state index in [4.69, 9.17) is 10.3 Å². The van der Waals surface area contributed by atoms with Gasteiger partial charge in [0, 0.05) is 37.5 Å². The van der Waals surface area contributed by atoms with Gasteiger partial charge in [0.1, 0.15) is 5.60 Å². The van der Waals surface area contributed by atoms with Crippen molar-refractivity contribution in [3.05, 3.63) is 10.4 Å². The molecule has 0 aromatic carbocycles. The van der Waals surface area contributed by atoms with Gasteiger partial charge in [0.2, 0.25) is 5.91 Å². The largest absolute Gasteiger partial charge is 0.444 e. The highest BCUT2D eigenvalue weighted by molar-refractivity contribution is 5.78. The fraction of sp³-hybridized carbons (Fsp3) is 0.875. The number of likely N-dealkylation sites (tertiary alicyclic amines) is 1. The van der Waals surface area contributed by atoms with Crippen LogP contribution in [0.15, 0.2) is 5.11 Å². The van der Waals surface area contributed by atoms with Crippen molar-refractivity contribution in [2.24, 2.45) is 11.0 Å². The van der Waals surface area contributed by atoms with Gasteiger partial charge in [0.15, 0.2) is 0 Å². The molecule has 1 aliphatic rings. The normalized spacial score (nSPS) is 17.5. The second-order valence-corrected chi connectivity index (χ2v) is 7.17. The van der Waals surface area contributed by atoms with E-state index in [1.54, 1.807) is 0 Å². The first-order valence-corrected chi connectivity index (χ1v) is 8.57. The second-order valence-electron chi connectivity index (χ2n) is 7.17. The van der Waals surface area contributed by atoms with Gasteiger partial charge in [-0.2, -0.15) is 0 Å². The van der Waals surface area contributed by atoms with E-state index in [2.05, 4.69) is 15.3 Å². The Morgan fingerprint density at radius 2 is 2.08 bits per heavy atom. The molecule has 0 radical (unpaired) electrons. The third-order valence-electron chi connectivity index (χ3n) is 3.72. The molecule has 8 heteroatoms. The number of ether oxygens (including phenoxy) is 1. The maximum Gasteiger partial charge on any atom is 0.407 e. The minimum atomic E-state index is -0.469. The van der Waals surface area contributed by atoms with Crippen LogP contribution in [0.5, 0.6) is 0 Å². The molecular formula is C16H29N5O3. The number of nitrogens with zero attached hydrogens (tertiary/aromatic N) is 4. The Labute approximate surface area is 143 Å². The summed E-state index contributed by atoms with van der Waals surface area (Å²) >= 11 is 0. The maximum atomic E-state index is 11.8. The van der Waals surface area contributed by atoms with Crippen LogP contribution in [0.4, 0.5) is 4.79 Å². The molecule has 24 heavy (non-hydrogen) atoms. The predicted octanol–water partition coefficient (Wildman–Crippen LogP) is 3.23. The van der Waals surface area contributed by atoms with Crippen molar-refractivity contribution in [2.75, 3.05) is 26.2 Å². The molecule has 0 saturated carbocycles. The highest BCUT2D eigenvalue weighted by Crippen LogP contribution is 2.19. The summed E-state index contributed by atoms with van der Waals surface area (Å²) in [5.74, 6) is 0.311. The standard InChI is InChI=1S/C16H29N5O3/c1-16(2,3)24-15(23)18-8-6-4-5-7-9-21-12-13(10-14(21)22)11-19-20-17/h13H,4-12H2,1-3H3,(H,18,23). The van der Waals surface area contributed by atoms with Gasteiger partial charge in [0.25, 0.3) is 0 Å². The minimum absolute atomic E-state index is 0.153. The van der Waals surface area contributed by atoms with Crippen LogP contribution in [-0.4, -0.2) is 48.7 Å². The van der Waals surface area contributed by atoms with E-state index >= 15 is 0 Å². The zero-order chi connectivity index (χ0) is 18.0. The molecule has 1 N–H and O–H groups in total. The summed E-state index contributed by atoms with van der Waals surface area (Å²) < 4.78 is 5.16. The Morgan fingerprint density at radius 3 is 2.75 bits per heavy atom. The summed E-state index contributed by atoms with van der Waals surface area (Å²) in [6.45, 7) is 7.96. The number of azide groups is 1. The molecule has 0 aromatic heterocycles. The van der Waals surface area contributed by atoms with Crippen molar-refractivity contribution in [3.63, 3.8) is 0 Å². The van der Waals surface area contributed by atoms with Crippen LogP contribution in [-0.2, 0) is 9.53 Å². The summed E-state index contributed by atoms with van der Waals surface area (Å²) in [6, 6.07) is 0.